The van der Waals surface area contributed by atoms with Crippen LogP contribution < -0.4 is 0 Å². The van der Waals surface area contributed by atoms with Crippen molar-refractivity contribution in [1.82, 2.24) is 10.0 Å². The lowest BCUT2D eigenvalue weighted by molar-refractivity contribution is -0.421. The van der Waals surface area contributed by atoms with Crippen LogP contribution in [0.5, 0.6) is 0 Å². The highest BCUT2D eigenvalue weighted by atomic mass is 79.9. The molecular formula is C21H14BrN3O2. The Labute approximate surface area is 164 Å². The van der Waals surface area contributed by atoms with Gasteiger partial charge in [0.15, 0.2) is 0 Å². The van der Waals surface area contributed by atoms with Gasteiger partial charge in [0.25, 0.3) is 5.70 Å². The molecule has 0 amide bonds. The van der Waals surface area contributed by atoms with Crippen LogP contribution in [0.15, 0.2) is 101 Å². The molecule has 1 aromatic heterocycles. The maximum absolute atomic E-state index is 13.1. The van der Waals surface area contributed by atoms with Gasteiger partial charge in [-0.15, -0.1) is 0 Å². The topological polar surface area (TPSA) is 59.3 Å². The van der Waals surface area contributed by atoms with Crippen LogP contribution in [0.3, 0.4) is 0 Å². The number of aromatic nitrogens is 1. The Kier molecular flexibility index (Phi) is 4.66. The van der Waals surface area contributed by atoms with E-state index < -0.39 is 0 Å². The Morgan fingerprint density at radius 3 is 2.56 bits per heavy atom. The number of allylic oxidation sites excluding steroid dienone is 6. The minimum absolute atomic E-state index is 0.270. The maximum Gasteiger partial charge on any atom is 0.285 e. The van der Waals surface area contributed by atoms with Gasteiger partial charge < -0.3 is 10.3 Å². The molecule has 3 heterocycles. The molecule has 2 aliphatic rings. The normalized spacial score (nSPS) is 19.2. The molecule has 0 saturated heterocycles. The molecular weight excluding hydrogens is 406 g/mol. The van der Waals surface area contributed by atoms with E-state index in [0.29, 0.717) is 16.2 Å². The number of hydroxylamine groups is 2. The highest BCUT2D eigenvalue weighted by Crippen LogP contribution is 2.35. The van der Waals surface area contributed by atoms with Gasteiger partial charge in [0.2, 0.25) is 6.20 Å². The summed E-state index contributed by atoms with van der Waals surface area (Å²) >= 11 is 3.43. The van der Waals surface area contributed by atoms with Crippen LogP contribution in [0.25, 0.3) is 11.3 Å². The van der Waals surface area contributed by atoms with E-state index in [4.69, 9.17) is 0 Å². The van der Waals surface area contributed by atoms with Crippen molar-refractivity contribution < 1.29 is 4.76 Å². The molecule has 0 atom stereocenters. The first kappa shape index (κ1) is 17.3. The van der Waals surface area contributed by atoms with Crippen molar-refractivity contribution in [3.05, 3.63) is 122 Å². The lowest BCUT2D eigenvalue weighted by Crippen LogP contribution is -2.21. The van der Waals surface area contributed by atoms with Crippen molar-refractivity contribution in [2.75, 3.05) is 0 Å². The maximum atomic E-state index is 13.1. The summed E-state index contributed by atoms with van der Waals surface area (Å²) in [6.45, 7) is 0. The van der Waals surface area contributed by atoms with E-state index >= 15 is 0 Å². The first-order valence-corrected chi connectivity index (χ1v) is 9.06. The first-order chi connectivity index (χ1) is 13.1. The summed E-state index contributed by atoms with van der Waals surface area (Å²) in [4.78, 5) is 16.6. The molecule has 0 bridgehead atoms. The molecule has 132 valence electrons. The molecule has 0 fully saturated rings. The quantitative estimate of drug-likeness (QED) is 0.630. The van der Waals surface area contributed by atoms with Crippen LogP contribution in [0, 0.1) is 10.1 Å². The Bertz CT molecular complexity index is 1050. The molecule has 0 spiro atoms. The van der Waals surface area contributed by atoms with Gasteiger partial charge in [0.05, 0.1) is 16.2 Å². The predicted molar refractivity (Wildman–Crippen MR) is 108 cm³/mol. The summed E-state index contributed by atoms with van der Waals surface area (Å²) < 4.78 is 1.66. The average molecular weight is 420 g/mol. The van der Waals surface area contributed by atoms with E-state index in [-0.39, 0.29) is 11.4 Å². The molecule has 0 aliphatic carbocycles. The van der Waals surface area contributed by atoms with Gasteiger partial charge in [-0.3, -0.25) is 4.98 Å². The predicted octanol–water partition coefficient (Wildman–Crippen LogP) is 5.16. The largest absolute Gasteiger partial charge is 0.754 e. The molecule has 2 aromatic rings. The number of rotatable bonds is 2. The van der Waals surface area contributed by atoms with E-state index in [1.54, 1.807) is 48.7 Å². The summed E-state index contributed by atoms with van der Waals surface area (Å²) in [5.74, 6) is 0. The van der Waals surface area contributed by atoms with E-state index in [1.807, 2.05) is 30.3 Å². The van der Waals surface area contributed by atoms with Gasteiger partial charge in [0.1, 0.15) is 5.70 Å². The number of nitroso groups, excluding NO2 is 1. The number of halogens is 1. The van der Waals surface area contributed by atoms with Crippen LogP contribution in [0.4, 0.5) is 0 Å². The smallest absolute Gasteiger partial charge is 0.285 e. The Balaban J connectivity index is 1.91. The zero-order chi connectivity index (χ0) is 18.8. The highest BCUT2D eigenvalue weighted by molar-refractivity contribution is 9.10. The van der Waals surface area contributed by atoms with Crippen molar-refractivity contribution in [2.24, 2.45) is 0 Å². The zero-order valence-electron chi connectivity index (χ0n) is 14.1. The van der Waals surface area contributed by atoms with Gasteiger partial charge >= 0.3 is 0 Å². The van der Waals surface area contributed by atoms with Crippen molar-refractivity contribution in [3.63, 3.8) is 0 Å². The third-order valence-electron chi connectivity index (χ3n) is 4.21. The average Bonchev–Trinajstić information content (AvgIpc) is 2.70. The number of hydrogen-bond donors (Lipinski definition) is 0. The third kappa shape index (κ3) is 3.45. The van der Waals surface area contributed by atoms with Crippen molar-refractivity contribution in [1.29, 1.82) is 0 Å². The molecule has 27 heavy (non-hydrogen) atoms. The van der Waals surface area contributed by atoms with E-state index in [2.05, 4.69) is 20.9 Å². The van der Waals surface area contributed by atoms with Crippen LogP contribution in [0.2, 0.25) is 0 Å². The van der Waals surface area contributed by atoms with Crippen LogP contribution in [-0.2, 0) is 0 Å². The van der Waals surface area contributed by atoms with Gasteiger partial charge in [-0.2, -0.15) is 0 Å². The Morgan fingerprint density at radius 2 is 1.85 bits per heavy atom. The third-order valence-corrected chi connectivity index (χ3v) is 4.74. The van der Waals surface area contributed by atoms with Gasteiger partial charge in [-0.25, -0.2) is 0 Å². The van der Waals surface area contributed by atoms with Gasteiger partial charge in [-0.05, 0) is 53.6 Å². The summed E-state index contributed by atoms with van der Waals surface area (Å²) in [5, 5.41) is 13.8. The molecule has 6 heteroatoms. The summed E-state index contributed by atoms with van der Waals surface area (Å²) in [6.07, 6.45) is 11.5. The molecule has 2 aliphatic heterocycles. The first-order valence-electron chi connectivity index (χ1n) is 8.27. The molecule has 5 nitrogen and oxygen atoms in total. The molecule has 4 rings (SSSR count). The van der Waals surface area contributed by atoms with Crippen molar-refractivity contribution in [3.8, 4) is 0 Å². The van der Waals surface area contributed by atoms with Gasteiger partial charge in [-0.1, -0.05) is 34.1 Å². The fourth-order valence-electron chi connectivity index (χ4n) is 2.89. The van der Waals surface area contributed by atoms with Crippen molar-refractivity contribution >= 4 is 27.2 Å². The van der Waals surface area contributed by atoms with Crippen LogP contribution in [0.1, 0.15) is 11.3 Å². The lowest BCUT2D eigenvalue weighted by atomic mass is 9.98. The van der Waals surface area contributed by atoms with E-state index in [0.717, 1.165) is 20.7 Å². The summed E-state index contributed by atoms with van der Waals surface area (Å²) in [6, 6.07) is 13.2. The monoisotopic (exact) mass is 419 g/mol. The fraction of sp³-hybridized carbons (Fsp3) is 0. The zero-order valence-corrected chi connectivity index (χ0v) is 15.7. The van der Waals surface area contributed by atoms with Gasteiger partial charge in [0, 0.05) is 27.7 Å². The minimum atomic E-state index is 0.270. The second-order valence-electron chi connectivity index (χ2n) is 5.94. The molecule has 0 unspecified atom stereocenters. The SMILES string of the molecule is O=[N+]1C=CC=CC1=C1C=C(c2ccc(Br)cc2)C=C(c2ccccn2)N1[O-]. The molecule has 0 radical (unpaired) electrons. The fourth-order valence-corrected chi connectivity index (χ4v) is 3.15. The standard InChI is InChI=1S/C21H14BrN3O2/c22-17-9-7-15(8-10-17)16-13-20(18-5-1-3-11-23-18)25(27)21(14-16)19-6-2-4-12-24(19)26/h1-14H. The number of pyridine rings is 1. The van der Waals surface area contributed by atoms with E-state index in [9.17, 15) is 10.1 Å². The number of nitrogens with zero attached hydrogens (tertiary/aromatic N) is 3. The minimum Gasteiger partial charge on any atom is -0.754 e. The molecule has 1 aromatic carbocycles. The second kappa shape index (κ2) is 7.26. The molecule has 0 N–H and O–H groups in total. The van der Waals surface area contributed by atoms with Crippen LogP contribution >= 0.6 is 15.9 Å². The Hall–Kier alpha value is -3.09. The van der Waals surface area contributed by atoms with E-state index in [1.165, 1.54) is 6.20 Å². The highest BCUT2D eigenvalue weighted by Gasteiger charge is 2.25. The number of hydrogen-bond acceptors (Lipinski definition) is 4. The Morgan fingerprint density at radius 1 is 1.04 bits per heavy atom. The second-order valence-corrected chi connectivity index (χ2v) is 6.86. The van der Waals surface area contributed by atoms with Crippen molar-refractivity contribution in [2.45, 2.75) is 0 Å². The lowest BCUT2D eigenvalue weighted by Gasteiger charge is -2.36. The van der Waals surface area contributed by atoms with Crippen LogP contribution in [-0.4, -0.2) is 14.8 Å². The summed E-state index contributed by atoms with van der Waals surface area (Å²) in [5.41, 5.74) is 3.24. The summed E-state index contributed by atoms with van der Waals surface area (Å²) in [7, 11) is 0. The molecule has 0 saturated carbocycles. The number of benzene rings is 1.